The van der Waals surface area contributed by atoms with Crippen molar-refractivity contribution in [2.75, 3.05) is 0 Å². The van der Waals surface area contributed by atoms with Gasteiger partial charge in [-0.3, -0.25) is 0 Å². The Balaban J connectivity index is 2.17. The van der Waals surface area contributed by atoms with E-state index in [2.05, 4.69) is 15.9 Å². The highest BCUT2D eigenvalue weighted by atomic mass is 79.9. The maximum absolute atomic E-state index is 13.2. The van der Waals surface area contributed by atoms with Crippen molar-refractivity contribution in [2.45, 2.75) is 19.6 Å². The van der Waals surface area contributed by atoms with E-state index in [4.69, 9.17) is 4.74 Å². The summed E-state index contributed by atoms with van der Waals surface area (Å²) in [6, 6.07) is 8.47. The molecule has 0 aromatic heterocycles. The molecule has 106 valence electrons. The van der Waals surface area contributed by atoms with Gasteiger partial charge in [0.15, 0.2) is 0 Å². The minimum Gasteiger partial charge on any atom is -0.488 e. The minimum atomic E-state index is -0.759. The number of hydrogen-bond donors (Lipinski definition) is 1. The summed E-state index contributed by atoms with van der Waals surface area (Å²) in [5.74, 6) is -0.519. The third-order valence-electron chi connectivity index (χ3n) is 2.80. The normalized spacial score (nSPS) is 12.2. The van der Waals surface area contributed by atoms with Gasteiger partial charge in [0.2, 0.25) is 0 Å². The Bertz CT molecular complexity index is 615. The van der Waals surface area contributed by atoms with Gasteiger partial charge < -0.3 is 9.84 Å². The van der Waals surface area contributed by atoms with E-state index >= 15 is 0 Å². The van der Waals surface area contributed by atoms with E-state index in [0.717, 1.165) is 5.56 Å². The summed E-state index contributed by atoms with van der Waals surface area (Å²) in [6.07, 6.45) is -0.759. The first-order valence-electron chi connectivity index (χ1n) is 6.01. The standard InChI is InChI=1S/C15H13BrF2O2/c1-9(19)12-4-3-11(17)7-15(12)20-8-10-2-5-14(18)13(16)6-10/h2-7,9,19H,8H2,1H3/t9-/m1/s1. The summed E-state index contributed by atoms with van der Waals surface area (Å²) in [5, 5.41) is 9.61. The van der Waals surface area contributed by atoms with E-state index in [9.17, 15) is 13.9 Å². The van der Waals surface area contributed by atoms with Crippen molar-refractivity contribution in [1.82, 2.24) is 0 Å². The predicted molar refractivity (Wildman–Crippen MR) is 75.5 cm³/mol. The fourth-order valence-corrected chi connectivity index (χ4v) is 2.20. The van der Waals surface area contributed by atoms with Crippen molar-refractivity contribution < 1.29 is 18.6 Å². The number of ether oxygens (including phenoxy) is 1. The summed E-state index contributed by atoms with van der Waals surface area (Å²) in [7, 11) is 0. The van der Waals surface area contributed by atoms with Gasteiger partial charge in [-0.2, -0.15) is 0 Å². The molecular weight excluding hydrogens is 330 g/mol. The lowest BCUT2D eigenvalue weighted by Crippen LogP contribution is -2.02. The van der Waals surface area contributed by atoms with Gasteiger partial charge in [-0.25, -0.2) is 8.78 Å². The quantitative estimate of drug-likeness (QED) is 0.894. The SMILES string of the molecule is C[C@@H](O)c1ccc(F)cc1OCc1ccc(F)c(Br)c1. The molecule has 5 heteroatoms. The first-order valence-corrected chi connectivity index (χ1v) is 6.81. The van der Waals surface area contributed by atoms with Gasteiger partial charge in [0.05, 0.1) is 10.6 Å². The van der Waals surface area contributed by atoms with Crippen molar-refractivity contribution in [2.24, 2.45) is 0 Å². The zero-order valence-electron chi connectivity index (χ0n) is 10.7. The largest absolute Gasteiger partial charge is 0.488 e. The second-order valence-corrected chi connectivity index (χ2v) is 5.25. The smallest absolute Gasteiger partial charge is 0.137 e. The van der Waals surface area contributed by atoms with Gasteiger partial charge in [0.1, 0.15) is 24.0 Å². The Morgan fingerprint density at radius 1 is 1.20 bits per heavy atom. The second kappa shape index (κ2) is 6.33. The first-order chi connectivity index (χ1) is 9.47. The Hall–Kier alpha value is -1.46. The highest BCUT2D eigenvalue weighted by Crippen LogP contribution is 2.27. The lowest BCUT2D eigenvalue weighted by Gasteiger charge is -2.13. The third kappa shape index (κ3) is 3.55. The summed E-state index contributed by atoms with van der Waals surface area (Å²) < 4.78 is 32.2. The van der Waals surface area contributed by atoms with Crippen LogP contribution in [-0.4, -0.2) is 5.11 Å². The molecule has 20 heavy (non-hydrogen) atoms. The lowest BCUT2D eigenvalue weighted by molar-refractivity contribution is 0.190. The van der Waals surface area contributed by atoms with Crippen molar-refractivity contribution in [3.05, 3.63) is 63.6 Å². The van der Waals surface area contributed by atoms with Gasteiger partial charge in [-0.15, -0.1) is 0 Å². The zero-order valence-corrected chi connectivity index (χ0v) is 12.3. The Kier molecular flexibility index (Phi) is 4.73. The van der Waals surface area contributed by atoms with Crippen LogP contribution in [0.4, 0.5) is 8.78 Å². The Morgan fingerprint density at radius 2 is 1.95 bits per heavy atom. The van der Waals surface area contributed by atoms with Gasteiger partial charge in [0.25, 0.3) is 0 Å². The van der Waals surface area contributed by atoms with E-state index in [-0.39, 0.29) is 18.2 Å². The molecule has 0 spiro atoms. The van der Waals surface area contributed by atoms with Crippen molar-refractivity contribution in [3.8, 4) is 5.75 Å². The van der Waals surface area contributed by atoms with E-state index in [0.29, 0.717) is 10.0 Å². The molecule has 2 aromatic rings. The van der Waals surface area contributed by atoms with Crippen LogP contribution in [0, 0.1) is 11.6 Å². The molecule has 0 heterocycles. The van der Waals surface area contributed by atoms with Crippen molar-refractivity contribution in [3.63, 3.8) is 0 Å². The van der Waals surface area contributed by atoms with E-state index in [1.54, 1.807) is 19.1 Å². The van der Waals surface area contributed by atoms with Crippen LogP contribution in [-0.2, 0) is 6.61 Å². The fraction of sp³-hybridized carbons (Fsp3) is 0.200. The average Bonchev–Trinajstić information content (AvgIpc) is 2.40. The number of halogens is 3. The number of aliphatic hydroxyl groups excluding tert-OH is 1. The number of benzene rings is 2. The molecule has 0 aliphatic carbocycles. The van der Waals surface area contributed by atoms with Crippen LogP contribution in [0.3, 0.4) is 0 Å². The number of aliphatic hydroxyl groups is 1. The molecule has 0 bridgehead atoms. The van der Waals surface area contributed by atoms with Crippen LogP contribution in [0.25, 0.3) is 0 Å². The maximum Gasteiger partial charge on any atom is 0.137 e. The molecule has 2 nitrogen and oxygen atoms in total. The van der Waals surface area contributed by atoms with Gasteiger partial charge >= 0.3 is 0 Å². The average molecular weight is 343 g/mol. The van der Waals surface area contributed by atoms with E-state index in [1.165, 1.54) is 24.3 Å². The van der Waals surface area contributed by atoms with E-state index < -0.39 is 11.9 Å². The van der Waals surface area contributed by atoms with Crippen LogP contribution in [0.5, 0.6) is 5.75 Å². The summed E-state index contributed by atoms with van der Waals surface area (Å²) >= 11 is 3.09. The summed E-state index contributed by atoms with van der Waals surface area (Å²) in [4.78, 5) is 0. The van der Waals surface area contributed by atoms with Crippen LogP contribution >= 0.6 is 15.9 Å². The van der Waals surface area contributed by atoms with Gasteiger partial charge in [0, 0.05) is 11.6 Å². The molecular formula is C15H13BrF2O2. The molecule has 1 atom stereocenters. The van der Waals surface area contributed by atoms with Gasteiger partial charge in [-0.05, 0) is 52.7 Å². The van der Waals surface area contributed by atoms with Crippen LogP contribution in [0.15, 0.2) is 40.9 Å². The molecule has 1 N–H and O–H groups in total. The monoisotopic (exact) mass is 342 g/mol. The molecule has 0 saturated heterocycles. The van der Waals surface area contributed by atoms with E-state index in [1.807, 2.05) is 0 Å². The molecule has 0 amide bonds. The van der Waals surface area contributed by atoms with Gasteiger partial charge in [-0.1, -0.05) is 6.07 Å². The lowest BCUT2D eigenvalue weighted by atomic mass is 10.1. The number of hydrogen-bond acceptors (Lipinski definition) is 2. The Labute approximate surface area is 124 Å². The zero-order chi connectivity index (χ0) is 14.7. The fourth-order valence-electron chi connectivity index (χ4n) is 1.77. The molecule has 0 unspecified atom stereocenters. The highest BCUT2D eigenvalue weighted by molar-refractivity contribution is 9.10. The van der Waals surface area contributed by atoms with Crippen molar-refractivity contribution >= 4 is 15.9 Å². The number of rotatable bonds is 4. The summed E-state index contributed by atoms with van der Waals surface area (Å²) in [5.41, 5.74) is 1.24. The molecule has 0 fully saturated rings. The third-order valence-corrected chi connectivity index (χ3v) is 3.41. The topological polar surface area (TPSA) is 29.5 Å². The minimum absolute atomic E-state index is 0.155. The molecule has 0 aliphatic rings. The first kappa shape index (κ1) is 14.9. The second-order valence-electron chi connectivity index (χ2n) is 4.40. The van der Waals surface area contributed by atoms with Crippen LogP contribution in [0.2, 0.25) is 0 Å². The molecule has 0 saturated carbocycles. The van der Waals surface area contributed by atoms with Crippen molar-refractivity contribution in [1.29, 1.82) is 0 Å². The van der Waals surface area contributed by atoms with Crippen LogP contribution < -0.4 is 4.74 Å². The van der Waals surface area contributed by atoms with Crippen LogP contribution in [0.1, 0.15) is 24.2 Å². The maximum atomic E-state index is 13.2. The molecule has 0 radical (unpaired) electrons. The summed E-state index contributed by atoms with van der Waals surface area (Å²) in [6.45, 7) is 1.73. The molecule has 0 aliphatic heterocycles. The Morgan fingerprint density at radius 3 is 2.60 bits per heavy atom. The molecule has 2 aromatic carbocycles. The molecule has 2 rings (SSSR count). The highest BCUT2D eigenvalue weighted by Gasteiger charge is 2.11. The predicted octanol–water partition coefficient (Wildman–Crippen LogP) is 4.36.